The molecule has 0 radical (unpaired) electrons. The molecule has 0 rings (SSSR count). The molecule has 0 aliphatic rings. The first-order valence-electron chi connectivity index (χ1n) is 7.10. The van der Waals surface area contributed by atoms with Crippen molar-refractivity contribution in [2.45, 2.75) is 64.9 Å². The summed E-state index contributed by atoms with van der Waals surface area (Å²) < 4.78 is 5.27. The van der Waals surface area contributed by atoms with Gasteiger partial charge in [0, 0.05) is 13.2 Å². The Morgan fingerprint density at radius 2 is 1.60 bits per heavy atom. The number of aliphatic hydroxyl groups excluding tert-OH is 1. The monoisotopic (exact) mass is 292 g/mol. The van der Waals surface area contributed by atoms with Gasteiger partial charge in [-0.25, -0.2) is 4.79 Å². The zero-order chi connectivity index (χ0) is 16.0. The molecular weight excluding hydrogens is 264 g/mol. The van der Waals surface area contributed by atoms with E-state index in [2.05, 4.69) is 0 Å². The molecular formula is C14H28O6. The second-order valence-corrected chi connectivity index (χ2v) is 4.50. The van der Waals surface area contributed by atoms with Crippen LogP contribution in [0.2, 0.25) is 0 Å². The Hall–Kier alpha value is -1.14. The molecule has 0 spiro atoms. The van der Waals surface area contributed by atoms with Gasteiger partial charge in [0.2, 0.25) is 0 Å². The zero-order valence-corrected chi connectivity index (χ0v) is 12.7. The molecule has 1 unspecified atom stereocenters. The zero-order valence-electron chi connectivity index (χ0n) is 12.7. The van der Waals surface area contributed by atoms with Crippen LogP contribution in [0.1, 0.15) is 59.3 Å². The summed E-state index contributed by atoms with van der Waals surface area (Å²) in [6.45, 7) is 6.19. The quantitative estimate of drug-likeness (QED) is 0.534. The average Bonchev–Trinajstić information content (AvgIpc) is 2.41. The first-order chi connectivity index (χ1) is 9.40. The van der Waals surface area contributed by atoms with Crippen molar-refractivity contribution < 1.29 is 29.6 Å². The maximum Gasteiger partial charge on any atom is 0.336 e. The number of ether oxygens (including phenoxy) is 1. The van der Waals surface area contributed by atoms with Crippen molar-refractivity contribution in [3.63, 3.8) is 0 Å². The van der Waals surface area contributed by atoms with Crippen molar-refractivity contribution in [2.24, 2.45) is 0 Å². The summed E-state index contributed by atoms with van der Waals surface area (Å²) in [5, 5.41) is 25.6. The van der Waals surface area contributed by atoms with E-state index in [1.807, 2.05) is 13.8 Å². The number of unbranched alkanes of at least 4 members (excludes halogenated alkanes) is 2. The first-order valence-corrected chi connectivity index (χ1v) is 7.10. The van der Waals surface area contributed by atoms with Crippen LogP contribution in [0.15, 0.2) is 0 Å². The number of rotatable bonds is 10. The van der Waals surface area contributed by atoms with Gasteiger partial charge in [-0.3, -0.25) is 4.79 Å². The molecule has 0 aromatic heterocycles. The standard InChI is InChI=1S/C11H20O5.C3H8O/c1-3-5-6-7-16-11(4-2,10(14)15)8-9(12)13;1-2-3-4/h3-8H2,1-2H3,(H,12,13)(H,14,15);4H,2-3H2,1H3. The topological polar surface area (TPSA) is 104 Å². The van der Waals surface area contributed by atoms with Crippen LogP contribution < -0.4 is 0 Å². The highest BCUT2D eigenvalue weighted by Crippen LogP contribution is 2.22. The smallest absolute Gasteiger partial charge is 0.336 e. The van der Waals surface area contributed by atoms with Crippen LogP contribution in [-0.4, -0.2) is 46.1 Å². The Morgan fingerprint density at radius 1 is 1.05 bits per heavy atom. The summed E-state index contributed by atoms with van der Waals surface area (Å²) in [5.41, 5.74) is -1.57. The van der Waals surface area contributed by atoms with Crippen molar-refractivity contribution in [1.29, 1.82) is 0 Å². The highest BCUT2D eigenvalue weighted by Gasteiger charge is 2.40. The molecule has 0 saturated heterocycles. The van der Waals surface area contributed by atoms with E-state index in [1.54, 1.807) is 6.92 Å². The van der Waals surface area contributed by atoms with Gasteiger partial charge >= 0.3 is 11.9 Å². The van der Waals surface area contributed by atoms with Crippen LogP contribution in [0.25, 0.3) is 0 Å². The van der Waals surface area contributed by atoms with Gasteiger partial charge in [-0.1, -0.05) is 33.6 Å². The predicted octanol–water partition coefficient (Wildman–Crippen LogP) is 2.29. The largest absolute Gasteiger partial charge is 0.481 e. The average molecular weight is 292 g/mol. The molecule has 0 aromatic rings. The van der Waals surface area contributed by atoms with Crippen molar-refractivity contribution >= 4 is 11.9 Å². The number of carbonyl (C=O) groups is 2. The Balaban J connectivity index is 0. The lowest BCUT2D eigenvalue weighted by Gasteiger charge is -2.26. The molecule has 6 nitrogen and oxygen atoms in total. The Morgan fingerprint density at radius 3 is 1.90 bits per heavy atom. The van der Waals surface area contributed by atoms with E-state index in [0.717, 1.165) is 25.7 Å². The van der Waals surface area contributed by atoms with Crippen LogP contribution >= 0.6 is 0 Å². The van der Waals surface area contributed by atoms with E-state index in [9.17, 15) is 9.59 Å². The second-order valence-electron chi connectivity index (χ2n) is 4.50. The molecule has 0 heterocycles. The summed E-state index contributed by atoms with van der Waals surface area (Å²) >= 11 is 0. The van der Waals surface area contributed by atoms with Crippen molar-refractivity contribution in [3.8, 4) is 0 Å². The maximum absolute atomic E-state index is 11.1. The van der Waals surface area contributed by atoms with Gasteiger partial charge in [-0.15, -0.1) is 0 Å². The minimum Gasteiger partial charge on any atom is -0.481 e. The lowest BCUT2D eigenvalue weighted by atomic mass is 9.96. The number of hydrogen-bond acceptors (Lipinski definition) is 4. The van der Waals surface area contributed by atoms with Crippen molar-refractivity contribution in [1.82, 2.24) is 0 Å². The highest BCUT2D eigenvalue weighted by molar-refractivity contribution is 5.83. The molecule has 0 amide bonds. The van der Waals surface area contributed by atoms with Crippen LogP contribution in [0, 0.1) is 0 Å². The molecule has 0 fully saturated rings. The van der Waals surface area contributed by atoms with Gasteiger partial charge in [0.25, 0.3) is 0 Å². The van der Waals surface area contributed by atoms with E-state index in [0.29, 0.717) is 13.2 Å². The van der Waals surface area contributed by atoms with Crippen LogP contribution in [-0.2, 0) is 14.3 Å². The number of aliphatic carboxylic acids is 2. The third-order valence-corrected chi connectivity index (χ3v) is 2.75. The fourth-order valence-corrected chi connectivity index (χ4v) is 1.43. The molecule has 0 aromatic carbocycles. The van der Waals surface area contributed by atoms with E-state index in [1.165, 1.54) is 0 Å². The second kappa shape index (κ2) is 12.9. The van der Waals surface area contributed by atoms with Gasteiger partial charge in [-0.05, 0) is 19.3 Å². The maximum atomic E-state index is 11.1. The Kier molecular flexibility index (Phi) is 13.6. The predicted molar refractivity (Wildman–Crippen MR) is 75.8 cm³/mol. The molecule has 1 atom stereocenters. The lowest BCUT2D eigenvalue weighted by Crippen LogP contribution is -2.43. The summed E-state index contributed by atoms with van der Waals surface area (Å²) in [5.74, 6) is -2.35. The van der Waals surface area contributed by atoms with Gasteiger partial charge in [0.05, 0.1) is 6.42 Å². The summed E-state index contributed by atoms with van der Waals surface area (Å²) in [7, 11) is 0. The molecule has 0 aliphatic heterocycles. The van der Waals surface area contributed by atoms with Crippen LogP contribution in [0.5, 0.6) is 0 Å². The van der Waals surface area contributed by atoms with Crippen LogP contribution in [0.4, 0.5) is 0 Å². The number of carboxylic acids is 2. The van der Waals surface area contributed by atoms with Gasteiger partial charge in [0.1, 0.15) is 0 Å². The number of aliphatic hydroxyl groups is 1. The molecule has 20 heavy (non-hydrogen) atoms. The van der Waals surface area contributed by atoms with E-state index in [-0.39, 0.29) is 6.42 Å². The molecule has 0 bridgehead atoms. The minimum atomic E-state index is -1.57. The van der Waals surface area contributed by atoms with Crippen molar-refractivity contribution in [3.05, 3.63) is 0 Å². The first kappa shape index (κ1) is 21.2. The Bertz CT molecular complexity index is 264. The van der Waals surface area contributed by atoms with Gasteiger partial charge < -0.3 is 20.1 Å². The van der Waals surface area contributed by atoms with Gasteiger partial charge in [-0.2, -0.15) is 0 Å². The van der Waals surface area contributed by atoms with E-state index >= 15 is 0 Å². The number of hydrogen-bond donors (Lipinski definition) is 3. The Labute approximate surface area is 120 Å². The molecule has 6 heteroatoms. The van der Waals surface area contributed by atoms with Gasteiger partial charge in [0.15, 0.2) is 5.60 Å². The SMILES string of the molecule is CCCCCOC(CC)(CC(=O)O)C(=O)O.CCCO. The summed E-state index contributed by atoms with van der Waals surface area (Å²) in [6.07, 6.45) is 3.25. The lowest BCUT2D eigenvalue weighted by molar-refractivity contribution is -0.173. The normalized spacial score (nSPS) is 13.0. The third-order valence-electron chi connectivity index (χ3n) is 2.75. The van der Waals surface area contributed by atoms with Crippen LogP contribution in [0.3, 0.4) is 0 Å². The molecule has 0 aliphatic carbocycles. The summed E-state index contributed by atoms with van der Waals surface area (Å²) in [6, 6.07) is 0. The fraction of sp³-hybridized carbons (Fsp3) is 0.857. The summed E-state index contributed by atoms with van der Waals surface area (Å²) in [4.78, 5) is 21.7. The van der Waals surface area contributed by atoms with E-state index in [4.69, 9.17) is 20.1 Å². The molecule has 0 saturated carbocycles. The molecule has 3 N–H and O–H groups in total. The van der Waals surface area contributed by atoms with E-state index < -0.39 is 24.0 Å². The fourth-order valence-electron chi connectivity index (χ4n) is 1.43. The minimum absolute atomic E-state index is 0.154. The third kappa shape index (κ3) is 9.75. The van der Waals surface area contributed by atoms with Crippen molar-refractivity contribution in [2.75, 3.05) is 13.2 Å². The number of carboxylic acid groups (broad SMARTS) is 2. The molecule has 120 valence electrons. The highest BCUT2D eigenvalue weighted by atomic mass is 16.5.